The van der Waals surface area contributed by atoms with Crippen molar-refractivity contribution in [3.63, 3.8) is 0 Å². The first-order valence-electron chi connectivity index (χ1n) is 5.73. The van der Waals surface area contributed by atoms with Crippen LogP contribution in [0.15, 0.2) is 59.2 Å². The maximum absolute atomic E-state index is 6.28. The summed E-state index contributed by atoms with van der Waals surface area (Å²) in [6.07, 6.45) is 1.71. The van der Waals surface area contributed by atoms with E-state index in [1.54, 1.807) is 6.26 Å². The molecule has 3 aromatic rings. The van der Waals surface area contributed by atoms with Crippen LogP contribution in [0.2, 0.25) is 5.02 Å². The summed E-state index contributed by atoms with van der Waals surface area (Å²) < 4.78 is 5.51. The Bertz CT molecular complexity index is 690. The molecule has 0 amide bonds. The second-order valence-corrected chi connectivity index (χ2v) is 4.59. The Balaban J connectivity index is 2.13. The van der Waals surface area contributed by atoms with Crippen LogP contribution < -0.4 is 5.73 Å². The molecule has 1 unspecified atom stereocenters. The van der Waals surface area contributed by atoms with Gasteiger partial charge in [0.25, 0.3) is 0 Å². The highest BCUT2D eigenvalue weighted by atomic mass is 35.5. The Labute approximate surface area is 110 Å². The molecule has 2 N–H and O–H groups in total. The van der Waals surface area contributed by atoms with Crippen molar-refractivity contribution in [2.75, 3.05) is 0 Å². The van der Waals surface area contributed by atoms with Crippen molar-refractivity contribution in [2.24, 2.45) is 5.73 Å². The molecule has 0 radical (unpaired) electrons. The van der Waals surface area contributed by atoms with Crippen molar-refractivity contribution in [1.82, 2.24) is 0 Å². The first kappa shape index (κ1) is 11.3. The summed E-state index contributed by atoms with van der Waals surface area (Å²) in [6, 6.07) is 15.2. The number of halogens is 1. The van der Waals surface area contributed by atoms with Gasteiger partial charge in [-0.05, 0) is 17.7 Å². The summed E-state index contributed by atoms with van der Waals surface area (Å²) in [5.41, 5.74) is 8.99. The van der Waals surface area contributed by atoms with E-state index in [2.05, 4.69) is 0 Å². The minimum Gasteiger partial charge on any atom is -0.464 e. The Morgan fingerprint density at radius 2 is 1.67 bits per heavy atom. The SMILES string of the molecule is NC(c1ccccc1Cl)c1coc2ccccc12. The number of benzene rings is 2. The van der Waals surface area contributed by atoms with E-state index in [0.29, 0.717) is 5.02 Å². The van der Waals surface area contributed by atoms with Crippen LogP contribution in [0.25, 0.3) is 11.0 Å². The normalized spacial score (nSPS) is 12.8. The smallest absolute Gasteiger partial charge is 0.134 e. The Kier molecular flexibility index (Phi) is 2.82. The lowest BCUT2D eigenvalue weighted by Crippen LogP contribution is -2.11. The first-order chi connectivity index (χ1) is 8.77. The second kappa shape index (κ2) is 4.48. The third-order valence-corrected chi connectivity index (χ3v) is 3.43. The van der Waals surface area contributed by atoms with Crippen LogP contribution in [0.1, 0.15) is 17.2 Å². The molecule has 0 aliphatic rings. The van der Waals surface area contributed by atoms with Crippen LogP contribution in [0.5, 0.6) is 0 Å². The molecule has 18 heavy (non-hydrogen) atoms. The van der Waals surface area contributed by atoms with Gasteiger partial charge in [0.2, 0.25) is 0 Å². The van der Waals surface area contributed by atoms with Gasteiger partial charge < -0.3 is 10.2 Å². The van der Waals surface area contributed by atoms with Gasteiger partial charge in [-0.25, -0.2) is 0 Å². The average molecular weight is 258 g/mol. The highest BCUT2D eigenvalue weighted by Crippen LogP contribution is 2.31. The molecule has 2 nitrogen and oxygen atoms in total. The van der Waals surface area contributed by atoms with E-state index in [-0.39, 0.29) is 6.04 Å². The molecule has 0 spiro atoms. The largest absolute Gasteiger partial charge is 0.464 e. The van der Waals surface area contributed by atoms with Crippen molar-refractivity contribution in [3.8, 4) is 0 Å². The monoisotopic (exact) mass is 257 g/mol. The summed E-state index contributed by atoms with van der Waals surface area (Å²) in [4.78, 5) is 0. The Hall–Kier alpha value is -1.77. The zero-order chi connectivity index (χ0) is 12.5. The fourth-order valence-corrected chi connectivity index (χ4v) is 2.39. The summed E-state index contributed by atoms with van der Waals surface area (Å²) in [5, 5.41) is 1.71. The van der Waals surface area contributed by atoms with Crippen LogP contribution in [-0.4, -0.2) is 0 Å². The molecule has 1 aromatic heterocycles. The summed E-state index contributed by atoms with van der Waals surface area (Å²) in [7, 11) is 0. The van der Waals surface area contributed by atoms with Gasteiger partial charge in [-0.15, -0.1) is 0 Å². The van der Waals surface area contributed by atoms with Crippen molar-refractivity contribution in [2.45, 2.75) is 6.04 Å². The van der Waals surface area contributed by atoms with Gasteiger partial charge in [-0.3, -0.25) is 0 Å². The first-order valence-corrected chi connectivity index (χ1v) is 6.11. The molecule has 1 atom stereocenters. The lowest BCUT2D eigenvalue weighted by Gasteiger charge is -2.12. The number of hydrogen-bond donors (Lipinski definition) is 1. The summed E-state index contributed by atoms with van der Waals surface area (Å²) >= 11 is 6.18. The minimum absolute atomic E-state index is 0.276. The summed E-state index contributed by atoms with van der Waals surface area (Å²) in [5.74, 6) is 0. The van der Waals surface area contributed by atoms with Crippen molar-refractivity contribution in [3.05, 3.63) is 70.9 Å². The minimum atomic E-state index is -0.276. The third-order valence-electron chi connectivity index (χ3n) is 3.09. The number of rotatable bonds is 2. The molecule has 0 saturated carbocycles. The van der Waals surface area contributed by atoms with Crippen LogP contribution in [0, 0.1) is 0 Å². The zero-order valence-electron chi connectivity index (χ0n) is 9.64. The number of para-hydroxylation sites is 1. The van der Waals surface area contributed by atoms with Crippen LogP contribution >= 0.6 is 11.6 Å². The van der Waals surface area contributed by atoms with Crippen molar-refractivity contribution < 1.29 is 4.42 Å². The predicted octanol–water partition coefficient (Wildman–Crippen LogP) is 4.13. The Morgan fingerprint density at radius 1 is 0.944 bits per heavy atom. The molecule has 0 aliphatic heterocycles. The fourth-order valence-electron chi connectivity index (χ4n) is 2.13. The molecule has 90 valence electrons. The molecule has 3 heteroatoms. The highest BCUT2D eigenvalue weighted by Gasteiger charge is 2.16. The molecule has 2 aromatic carbocycles. The van der Waals surface area contributed by atoms with Crippen LogP contribution in [0.4, 0.5) is 0 Å². The van der Waals surface area contributed by atoms with E-state index in [0.717, 1.165) is 22.1 Å². The van der Waals surface area contributed by atoms with Crippen LogP contribution in [-0.2, 0) is 0 Å². The topological polar surface area (TPSA) is 39.2 Å². The molecule has 3 rings (SSSR count). The lowest BCUT2D eigenvalue weighted by atomic mass is 9.99. The number of furan rings is 1. The van der Waals surface area contributed by atoms with Gasteiger partial charge >= 0.3 is 0 Å². The lowest BCUT2D eigenvalue weighted by molar-refractivity contribution is 0.607. The van der Waals surface area contributed by atoms with Gasteiger partial charge in [0.05, 0.1) is 12.3 Å². The van der Waals surface area contributed by atoms with E-state index >= 15 is 0 Å². The molecule has 0 fully saturated rings. The standard InChI is InChI=1S/C15H12ClNO/c16-13-7-3-1-6-11(13)15(17)12-9-18-14-8-4-2-5-10(12)14/h1-9,15H,17H2. The van der Waals surface area contributed by atoms with E-state index in [1.807, 2.05) is 48.5 Å². The number of nitrogens with two attached hydrogens (primary N) is 1. The van der Waals surface area contributed by atoms with E-state index in [1.165, 1.54) is 0 Å². The Morgan fingerprint density at radius 3 is 2.50 bits per heavy atom. The van der Waals surface area contributed by atoms with E-state index in [4.69, 9.17) is 21.8 Å². The van der Waals surface area contributed by atoms with Gasteiger partial charge in [0.1, 0.15) is 5.58 Å². The zero-order valence-corrected chi connectivity index (χ0v) is 10.4. The molecule has 0 saturated heterocycles. The average Bonchev–Trinajstić information content (AvgIpc) is 2.82. The van der Waals surface area contributed by atoms with Crippen molar-refractivity contribution in [1.29, 1.82) is 0 Å². The number of hydrogen-bond acceptors (Lipinski definition) is 2. The van der Waals surface area contributed by atoms with E-state index in [9.17, 15) is 0 Å². The molecule has 1 heterocycles. The van der Waals surface area contributed by atoms with Gasteiger partial charge in [-0.2, -0.15) is 0 Å². The molecular formula is C15H12ClNO. The second-order valence-electron chi connectivity index (χ2n) is 4.19. The maximum atomic E-state index is 6.28. The molecular weight excluding hydrogens is 246 g/mol. The maximum Gasteiger partial charge on any atom is 0.134 e. The van der Waals surface area contributed by atoms with Crippen LogP contribution in [0.3, 0.4) is 0 Å². The predicted molar refractivity (Wildman–Crippen MR) is 73.7 cm³/mol. The van der Waals surface area contributed by atoms with Gasteiger partial charge in [-0.1, -0.05) is 48.0 Å². The molecule has 0 bridgehead atoms. The summed E-state index contributed by atoms with van der Waals surface area (Å²) in [6.45, 7) is 0. The van der Waals surface area contributed by atoms with Gasteiger partial charge in [0, 0.05) is 16.0 Å². The highest BCUT2D eigenvalue weighted by molar-refractivity contribution is 6.31. The van der Waals surface area contributed by atoms with E-state index < -0.39 is 0 Å². The number of fused-ring (bicyclic) bond motifs is 1. The van der Waals surface area contributed by atoms with Gasteiger partial charge in [0.15, 0.2) is 0 Å². The fraction of sp³-hybridized carbons (Fsp3) is 0.0667. The molecule has 0 aliphatic carbocycles. The quantitative estimate of drug-likeness (QED) is 0.750. The third kappa shape index (κ3) is 1.80. The van der Waals surface area contributed by atoms with Crippen molar-refractivity contribution >= 4 is 22.6 Å².